The number of rotatable bonds is 7. The van der Waals surface area contributed by atoms with Gasteiger partial charge in [0.25, 0.3) is 0 Å². The molecule has 8 aromatic carbocycles. The molecule has 0 aliphatic heterocycles. The molecule has 0 spiro atoms. The van der Waals surface area contributed by atoms with E-state index in [1.54, 1.807) is 18.2 Å². The Morgan fingerprint density at radius 2 is 0.889 bits per heavy atom. The molecule has 12 aromatic rings. The topological polar surface area (TPSA) is 57.5 Å². The van der Waals surface area contributed by atoms with Crippen molar-refractivity contribution in [3.05, 3.63) is 255 Å². The Morgan fingerprint density at radius 3 is 1.29 bits per heavy atom. The van der Waals surface area contributed by atoms with Gasteiger partial charge >= 0.3 is 6.18 Å². The number of benzene rings is 8. The van der Waals surface area contributed by atoms with Gasteiger partial charge < -0.3 is 28.5 Å². The number of aryl methyl sites for hydroxylation is 2. The summed E-state index contributed by atoms with van der Waals surface area (Å²) in [5.74, 6) is 0. The van der Waals surface area contributed by atoms with E-state index in [0.717, 1.165) is 62.1 Å². The third-order valence-electron chi connectivity index (χ3n) is 11.9. The third-order valence-corrected chi connectivity index (χ3v) is 11.9. The zero-order valence-electron chi connectivity index (χ0n) is 39.0. The normalized spacial score (nSPS) is 11.0. The Morgan fingerprint density at radius 1 is 0.486 bits per heavy atom. The molecule has 0 saturated heterocycles. The smallest absolute Gasteiger partial charge is 0.431 e. The van der Waals surface area contributed by atoms with E-state index in [2.05, 4.69) is 230 Å². The molecule has 0 bridgehead atoms. The minimum Gasteiger partial charge on any atom is -0.573 e. The second-order valence-corrected chi connectivity index (χ2v) is 16.5. The van der Waals surface area contributed by atoms with Crippen LogP contribution >= 0.6 is 0 Å². The number of imidazole rings is 2. The fraction of sp³-hybridized carbons (Fsp3) is 0.0492. The van der Waals surface area contributed by atoms with Crippen molar-refractivity contribution in [3.63, 3.8) is 0 Å². The molecule has 4 heterocycles. The standard InChI is InChI=1S/2C26H19N2.C9H5F3N3.Ir/c2*1-27-19-28(24-18-10-16-20-11-8-9-17-23(20)24)26(22-14-6-3-7-15-22)25(27)21-12-4-2-5-13-21;10-9(11,12)8-5-7(14-15-8)6-3-1-2-4-13-6;/h2*2-17H,1H3;1-5H;/q3*-1;. The van der Waals surface area contributed by atoms with Gasteiger partial charge in [-0.2, -0.15) is 49.6 Å². The summed E-state index contributed by atoms with van der Waals surface area (Å²) in [6.07, 6.45) is 4.07. The minimum absolute atomic E-state index is 0. The van der Waals surface area contributed by atoms with E-state index in [4.69, 9.17) is 0 Å². The van der Waals surface area contributed by atoms with Gasteiger partial charge in [-0.1, -0.05) is 181 Å². The van der Waals surface area contributed by atoms with Gasteiger partial charge in [-0.25, -0.2) is 0 Å². The number of nitrogens with zero attached hydrogens (tertiary/aromatic N) is 7. The van der Waals surface area contributed by atoms with Crippen molar-refractivity contribution in [2.24, 2.45) is 14.1 Å². The zero-order chi connectivity index (χ0) is 48.7. The Kier molecular flexibility index (Phi) is 14.6. The predicted molar refractivity (Wildman–Crippen MR) is 272 cm³/mol. The van der Waals surface area contributed by atoms with Crippen LogP contribution in [0.1, 0.15) is 5.69 Å². The van der Waals surface area contributed by atoms with Gasteiger partial charge in [0, 0.05) is 32.0 Å². The summed E-state index contributed by atoms with van der Waals surface area (Å²) in [7, 11) is 4.10. The molecule has 0 unspecified atom stereocenters. The Labute approximate surface area is 429 Å². The number of pyridine rings is 1. The van der Waals surface area contributed by atoms with Crippen LogP contribution in [0.2, 0.25) is 0 Å². The summed E-state index contributed by atoms with van der Waals surface area (Å²) in [5.41, 5.74) is 10.7. The summed E-state index contributed by atoms with van der Waals surface area (Å²) in [5, 5.41) is 11.2. The van der Waals surface area contributed by atoms with Gasteiger partial charge in [0.05, 0.1) is 36.9 Å². The van der Waals surface area contributed by atoms with Crippen LogP contribution in [0.5, 0.6) is 0 Å². The van der Waals surface area contributed by atoms with Crippen LogP contribution in [0.15, 0.2) is 225 Å². The number of aromatic nitrogens is 7. The quantitative estimate of drug-likeness (QED) is 0.118. The molecule has 7 nitrogen and oxygen atoms in total. The van der Waals surface area contributed by atoms with Gasteiger partial charge in [-0.3, -0.25) is 4.98 Å². The van der Waals surface area contributed by atoms with Crippen LogP contribution in [0.4, 0.5) is 13.2 Å². The molecule has 0 aliphatic rings. The Hall–Kier alpha value is -8.50. The summed E-state index contributed by atoms with van der Waals surface area (Å²) in [6.45, 7) is 0. The monoisotopic (exact) mass is 1120 g/mol. The summed E-state index contributed by atoms with van der Waals surface area (Å²) in [6, 6.07) is 79.7. The molecule has 0 fully saturated rings. The molecule has 0 atom stereocenters. The molecule has 0 saturated carbocycles. The zero-order valence-corrected chi connectivity index (χ0v) is 41.4. The second kappa shape index (κ2) is 21.6. The first-order chi connectivity index (χ1) is 34.7. The van der Waals surface area contributed by atoms with Crippen LogP contribution in [0.25, 0.3) is 89.3 Å². The van der Waals surface area contributed by atoms with Crippen molar-refractivity contribution in [2.75, 3.05) is 0 Å². The van der Waals surface area contributed by atoms with E-state index < -0.39 is 11.9 Å². The minimum atomic E-state index is -4.46. The Bertz CT molecular complexity index is 3490. The van der Waals surface area contributed by atoms with Gasteiger partial charge in [-0.05, 0) is 40.5 Å². The van der Waals surface area contributed by atoms with Crippen molar-refractivity contribution in [1.82, 2.24) is 24.3 Å². The summed E-state index contributed by atoms with van der Waals surface area (Å²) < 4.78 is 45.0. The molecule has 11 heteroatoms. The molecular formula is C61H43F3IrN7-3. The maximum atomic E-state index is 12.2. The largest absolute Gasteiger partial charge is 0.573 e. The number of hydrogen-bond acceptors (Lipinski definition) is 2. The fourth-order valence-corrected chi connectivity index (χ4v) is 8.66. The van der Waals surface area contributed by atoms with Crippen molar-refractivity contribution in [1.29, 1.82) is 0 Å². The van der Waals surface area contributed by atoms with Crippen LogP contribution in [-0.2, 0) is 40.4 Å². The van der Waals surface area contributed by atoms with Crippen LogP contribution in [0.3, 0.4) is 0 Å². The average Bonchev–Trinajstić information content (AvgIpc) is 4.16. The van der Waals surface area contributed by atoms with Crippen LogP contribution in [0, 0.1) is 24.8 Å². The van der Waals surface area contributed by atoms with Crippen molar-refractivity contribution in [2.45, 2.75) is 6.18 Å². The molecule has 0 N–H and O–H groups in total. The van der Waals surface area contributed by atoms with Crippen molar-refractivity contribution < 1.29 is 42.4 Å². The molecule has 4 aromatic heterocycles. The van der Waals surface area contributed by atoms with Crippen molar-refractivity contribution in [3.8, 4) is 67.8 Å². The molecule has 355 valence electrons. The van der Waals surface area contributed by atoms with E-state index in [-0.39, 0.29) is 25.8 Å². The van der Waals surface area contributed by atoms with Crippen LogP contribution < -0.4 is 14.2 Å². The predicted octanol–water partition coefficient (Wildman–Crippen LogP) is 12.9. The van der Waals surface area contributed by atoms with E-state index in [1.165, 1.54) is 28.1 Å². The van der Waals surface area contributed by atoms with Gasteiger partial charge in [0.1, 0.15) is 5.69 Å². The van der Waals surface area contributed by atoms with E-state index in [1.807, 2.05) is 36.4 Å². The Balaban J connectivity index is 0.000000139. The summed E-state index contributed by atoms with van der Waals surface area (Å²) >= 11 is 0. The number of halogens is 3. The second-order valence-electron chi connectivity index (χ2n) is 16.5. The van der Waals surface area contributed by atoms with Crippen LogP contribution in [-0.4, -0.2) is 19.2 Å². The molecule has 72 heavy (non-hydrogen) atoms. The summed E-state index contributed by atoms with van der Waals surface area (Å²) in [4.78, 5) is 3.87. The maximum absolute atomic E-state index is 12.2. The molecule has 0 aliphatic carbocycles. The molecular weight excluding hydrogens is 1080 g/mol. The third kappa shape index (κ3) is 10.2. The van der Waals surface area contributed by atoms with E-state index in [9.17, 15) is 13.2 Å². The van der Waals surface area contributed by atoms with E-state index in [0.29, 0.717) is 5.69 Å². The average molecular weight is 1120 g/mol. The molecule has 12 rings (SSSR count). The molecule has 1 radical (unpaired) electrons. The number of hydrogen-bond donors (Lipinski definition) is 0. The van der Waals surface area contributed by atoms with Crippen molar-refractivity contribution >= 4 is 21.5 Å². The fourth-order valence-electron chi connectivity index (χ4n) is 8.66. The van der Waals surface area contributed by atoms with Gasteiger partial charge in [0.15, 0.2) is 0 Å². The van der Waals surface area contributed by atoms with Gasteiger partial charge in [0.2, 0.25) is 12.7 Å². The number of fused-ring (bicyclic) bond motifs is 2. The SMILES string of the molecule is C[n+]1[c-]n(-c2[c-]ccc3ccccc23)c(-c2ccccc2)c1-c1ccccc1.C[n+]1[c-]n(-c2[c-]ccc3ccccc23)c(-c2ccccc2)c1-c1ccccc1.FC(F)(F)c1cc(-c2ccccn2)[n-]n1.[Ir]. The first-order valence-corrected chi connectivity index (χ1v) is 22.8. The first kappa shape index (κ1) is 48.5. The van der Waals surface area contributed by atoms with E-state index >= 15 is 0 Å². The molecule has 0 amide bonds. The van der Waals surface area contributed by atoms with Gasteiger partial charge in [-0.15, -0.1) is 33.7 Å². The maximum Gasteiger partial charge on any atom is 0.431 e. The first-order valence-electron chi connectivity index (χ1n) is 22.8. The number of alkyl halides is 3.